The maximum absolute atomic E-state index is 13.9. The van der Waals surface area contributed by atoms with Gasteiger partial charge in [0.05, 0.1) is 18.0 Å². The molecule has 2 aromatic carbocycles. The van der Waals surface area contributed by atoms with Crippen LogP contribution in [0, 0.1) is 11.6 Å². The van der Waals surface area contributed by atoms with Gasteiger partial charge in [-0.15, -0.1) is 10.2 Å². The second-order valence-corrected chi connectivity index (χ2v) is 8.32. The predicted molar refractivity (Wildman–Crippen MR) is 123 cm³/mol. The fraction of sp³-hybridized carbons (Fsp3) is 0.348. The van der Waals surface area contributed by atoms with E-state index in [9.17, 15) is 13.6 Å². The maximum atomic E-state index is 13.9. The average Bonchev–Trinajstić information content (AvgIpc) is 3.22. The van der Waals surface area contributed by atoms with Crippen molar-refractivity contribution in [2.45, 2.75) is 50.2 Å². The molecule has 2 unspecified atom stereocenters. The fourth-order valence-electron chi connectivity index (χ4n) is 3.15. The van der Waals surface area contributed by atoms with Crippen LogP contribution in [-0.4, -0.2) is 33.0 Å². The van der Waals surface area contributed by atoms with E-state index >= 15 is 0 Å². The van der Waals surface area contributed by atoms with Crippen molar-refractivity contribution in [3.8, 4) is 11.5 Å². The number of carbonyl (C=O) groups excluding carboxylic acids is 1. The Labute approximate surface area is 195 Å². The molecule has 1 N–H and O–H groups in total. The second-order valence-electron chi connectivity index (χ2n) is 7.15. The molecule has 0 aliphatic carbocycles. The molecule has 0 fully saturated rings. The first-order chi connectivity index (χ1) is 15.9. The smallest absolute Gasteiger partial charge is 0.238 e. The number of methoxy groups -OCH3 is 1. The highest BCUT2D eigenvalue weighted by Gasteiger charge is 2.25. The number of hydrogen-bond donors (Lipinski definition) is 1. The zero-order chi connectivity index (χ0) is 24.0. The van der Waals surface area contributed by atoms with Crippen LogP contribution in [0.25, 0.3) is 0 Å². The van der Waals surface area contributed by atoms with Gasteiger partial charge in [0.15, 0.2) is 17.1 Å². The van der Waals surface area contributed by atoms with E-state index in [2.05, 4.69) is 15.5 Å². The number of thioether (sulfide) groups is 1. The van der Waals surface area contributed by atoms with Crippen molar-refractivity contribution in [3.63, 3.8) is 0 Å². The summed E-state index contributed by atoms with van der Waals surface area (Å²) in [7, 11) is 1.60. The lowest BCUT2D eigenvalue weighted by Crippen LogP contribution is -2.25. The van der Waals surface area contributed by atoms with Crippen LogP contribution >= 0.6 is 11.8 Å². The summed E-state index contributed by atoms with van der Waals surface area (Å²) in [5, 5.41) is 11.1. The Morgan fingerprint density at radius 2 is 1.82 bits per heavy atom. The first-order valence-corrected chi connectivity index (χ1v) is 11.4. The van der Waals surface area contributed by atoms with Gasteiger partial charge in [0.1, 0.15) is 23.1 Å². The van der Waals surface area contributed by atoms with Crippen LogP contribution < -0.4 is 14.8 Å². The Kier molecular flexibility index (Phi) is 8.26. The first kappa shape index (κ1) is 24.5. The van der Waals surface area contributed by atoms with E-state index in [1.807, 2.05) is 49.6 Å². The highest BCUT2D eigenvalue weighted by atomic mass is 32.2. The highest BCUT2D eigenvalue weighted by molar-refractivity contribution is 8.00. The summed E-state index contributed by atoms with van der Waals surface area (Å²) in [6.07, 6.45) is 0.0887. The van der Waals surface area contributed by atoms with Gasteiger partial charge in [-0.2, -0.15) is 0 Å². The number of benzene rings is 2. The maximum Gasteiger partial charge on any atom is 0.238 e. The lowest BCUT2D eigenvalue weighted by molar-refractivity contribution is -0.115. The molecular formula is C23H26F2N4O3S. The van der Waals surface area contributed by atoms with Crippen LogP contribution in [0.4, 0.5) is 14.5 Å². The normalized spacial score (nSPS) is 12.8. The van der Waals surface area contributed by atoms with Crippen LogP contribution in [0.5, 0.6) is 11.5 Å². The SMILES string of the molecule is CCC(Sc1nnc(C(C)Oc2ccc(OC)cc2)n1CC)C(=O)Nc1ccc(F)cc1F. The zero-order valence-electron chi connectivity index (χ0n) is 18.8. The van der Waals surface area contributed by atoms with E-state index in [4.69, 9.17) is 9.47 Å². The lowest BCUT2D eigenvalue weighted by atomic mass is 10.2. The molecule has 0 radical (unpaired) electrons. The Morgan fingerprint density at radius 3 is 2.42 bits per heavy atom. The Balaban J connectivity index is 1.72. The second kappa shape index (κ2) is 11.1. The molecule has 0 saturated carbocycles. The molecular weight excluding hydrogens is 450 g/mol. The van der Waals surface area contributed by atoms with Crippen molar-refractivity contribution in [3.05, 3.63) is 59.9 Å². The van der Waals surface area contributed by atoms with Gasteiger partial charge in [0.2, 0.25) is 5.91 Å². The van der Waals surface area contributed by atoms with Crippen LogP contribution in [0.3, 0.4) is 0 Å². The molecule has 0 spiro atoms. The zero-order valence-corrected chi connectivity index (χ0v) is 19.7. The third-order valence-corrected chi connectivity index (χ3v) is 6.24. The van der Waals surface area contributed by atoms with Crippen molar-refractivity contribution < 1.29 is 23.0 Å². The van der Waals surface area contributed by atoms with Crippen LogP contribution in [0.15, 0.2) is 47.6 Å². The number of anilines is 1. The number of nitrogens with one attached hydrogen (secondary N) is 1. The first-order valence-electron chi connectivity index (χ1n) is 10.5. The number of carbonyl (C=O) groups is 1. The van der Waals surface area contributed by atoms with Crippen molar-refractivity contribution in [2.24, 2.45) is 0 Å². The minimum atomic E-state index is -0.827. The minimum absolute atomic E-state index is 0.0698. The molecule has 7 nitrogen and oxygen atoms in total. The molecule has 10 heteroatoms. The molecule has 1 aromatic heterocycles. The Morgan fingerprint density at radius 1 is 1.12 bits per heavy atom. The van der Waals surface area contributed by atoms with Gasteiger partial charge in [0, 0.05) is 12.6 Å². The predicted octanol–water partition coefficient (Wildman–Crippen LogP) is 5.23. The van der Waals surface area contributed by atoms with E-state index in [0.29, 0.717) is 29.7 Å². The molecule has 0 aliphatic heterocycles. The van der Waals surface area contributed by atoms with Crippen molar-refractivity contribution in [2.75, 3.05) is 12.4 Å². The number of aromatic nitrogens is 3. The quantitative estimate of drug-likeness (QED) is 0.404. The van der Waals surface area contributed by atoms with Crippen molar-refractivity contribution >= 4 is 23.4 Å². The molecule has 0 bridgehead atoms. The Bertz CT molecular complexity index is 1090. The molecule has 0 saturated heterocycles. The van der Waals surface area contributed by atoms with Gasteiger partial charge < -0.3 is 19.4 Å². The van der Waals surface area contributed by atoms with E-state index in [1.165, 1.54) is 17.8 Å². The third kappa shape index (κ3) is 6.01. The number of ether oxygens (including phenoxy) is 2. The molecule has 33 heavy (non-hydrogen) atoms. The molecule has 2 atom stereocenters. The lowest BCUT2D eigenvalue weighted by Gasteiger charge is -2.17. The van der Waals surface area contributed by atoms with Gasteiger partial charge in [-0.25, -0.2) is 8.78 Å². The van der Waals surface area contributed by atoms with Crippen LogP contribution in [0.2, 0.25) is 0 Å². The summed E-state index contributed by atoms with van der Waals surface area (Å²) in [4.78, 5) is 12.7. The number of halogens is 2. The Hall–Kier alpha value is -3.14. The molecule has 3 aromatic rings. The number of nitrogens with zero attached hydrogens (tertiary/aromatic N) is 3. The van der Waals surface area contributed by atoms with Crippen LogP contribution in [-0.2, 0) is 11.3 Å². The summed E-state index contributed by atoms with van der Waals surface area (Å²) < 4.78 is 40.1. The highest BCUT2D eigenvalue weighted by Crippen LogP contribution is 2.29. The summed E-state index contributed by atoms with van der Waals surface area (Å²) >= 11 is 1.23. The average molecular weight is 477 g/mol. The van der Waals surface area contributed by atoms with E-state index in [1.54, 1.807) is 7.11 Å². The van der Waals surface area contributed by atoms with Gasteiger partial charge in [-0.3, -0.25) is 4.79 Å². The fourth-order valence-corrected chi connectivity index (χ4v) is 4.17. The minimum Gasteiger partial charge on any atom is -0.497 e. The largest absolute Gasteiger partial charge is 0.497 e. The molecule has 1 amide bonds. The number of amides is 1. The third-order valence-electron chi connectivity index (χ3n) is 4.90. The summed E-state index contributed by atoms with van der Waals surface area (Å²) in [6, 6.07) is 10.3. The standard InChI is InChI=1S/C23H26F2N4O3S/c1-5-20(22(30)26-19-12-7-15(24)13-18(19)25)33-23-28-27-21(29(23)6-2)14(3)32-17-10-8-16(31-4)9-11-17/h7-14,20H,5-6H2,1-4H3,(H,26,30). The van der Waals surface area contributed by atoms with E-state index in [-0.39, 0.29) is 11.8 Å². The van der Waals surface area contributed by atoms with Crippen LogP contribution in [0.1, 0.15) is 39.1 Å². The van der Waals surface area contributed by atoms with Crippen molar-refractivity contribution in [1.82, 2.24) is 14.8 Å². The van der Waals surface area contributed by atoms with E-state index < -0.39 is 22.8 Å². The van der Waals surface area contributed by atoms with Crippen molar-refractivity contribution in [1.29, 1.82) is 0 Å². The van der Waals surface area contributed by atoms with Gasteiger partial charge in [0.25, 0.3) is 0 Å². The van der Waals surface area contributed by atoms with E-state index in [0.717, 1.165) is 17.9 Å². The number of hydrogen-bond acceptors (Lipinski definition) is 6. The molecule has 176 valence electrons. The number of rotatable bonds is 10. The topological polar surface area (TPSA) is 78.3 Å². The molecule has 0 aliphatic rings. The molecule has 1 heterocycles. The van der Waals surface area contributed by atoms with Gasteiger partial charge >= 0.3 is 0 Å². The van der Waals surface area contributed by atoms with Gasteiger partial charge in [-0.05, 0) is 56.7 Å². The summed E-state index contributed by atoms with van der Waals surface area (Å²) in [5.74, 6) is 0.0803. The molecule has 3 rings (SSSR count). The van der Waals surface area contributed by atoms with Gasteiger partial charge in [-0.1, -0.05) is 18.7 Å². The summed E-state index contributed by atoms with van der Waals surface area (Å²) in [5.41, 5.74) is -0.0698. The monoisotopic (exact) mass is 476 g/mol. The summed E-state index contributed by atoms with van der Waals surface area (Å²) in [6.45, 7) is 6.25.